The van der Waals surface area contributed by atoms with Crippen molar-refractivity contribution in [1.82, 2.24) is 4.90 Å². The van der Waals surface area contributed by atoms with Crippen LogP contribution in [0.1, 0.15) is 66.2 Å². The van der Waals surface area contributed by atoms with Crippen LogP contribution >= 0.6 is 0 Å². The Kier molecular flexibility index (Phi) is 10.1. The molecule has 0 aromatic rings. The van der Waals surface area contributed by atoms with E-state index in [0.29, 0.717) is 0 Å². The molecule has 0 aliphatic carbocycles. The highest BCUT2D eigenvalue weighted by Gasteiger charge is 2.00. The van der Waals surface area contributed by atoms with Gasteiger partial charge in [-0.3, -0.25) is 0 Å². The third kappa shape index (κ3) is 12.0. The van der Waals surface area contributed by atoms with Gasteiger partial charge in [0.25, 0.3) is 0 Å². The second-order valence-corrected chi connectivity index (χ2v) is 6.08. The first-order valence-corrected chi connectivity index (χ1v) is 7.21. The van der Waals surface area contributed by atoms with E-state index in [4.69, 9.17) is 0 Å². The lowest BCUT2D eigenvalue weighted by Crippen LogP contribution is -2.21. The molecule has 1 heteroatoms. The first kappa shape index (κ1) is 16.0. The van der Waals surface area contributed by atoms with Crippen molar-refractivity contribution in [3.8, 4) is 0 Å². The molecule has 0 bridgehead atoms. The summed E-state index contributed by atoms with van der Waals surface area (Å²) in [5.41, 5.74) is 0. The minimum atomic E-state index is 0.861. The number of unbranched alkanes of at least 4 members (excludes halogenated alkanes) is 2. The molecule has 0 amide bonds. The lowest BCUT2D eigenvalue weighted by Gasteiger charge is -2.17. The third-order valence-corrected chi connectivity index (χ3v) is 3.14. The maximum atomic E-state index is 2.50. The Bertz CT molecular complexity index is 140. The van der Waals surface area contributed by atoms with Crippen LogP contribution in [0.5, 0.6) is 0 Å². The summed E-state index contributed by atoms with van der Waals surface area (Å²) in [5.74, 6) is 1.74. The standard InChI is InChI=1S/C15H33N/c1-14(2)10-7-6-8-12-16(5)13-9-11-15(3)4/h14-15H,6-13H2,1-5H3. The molecular formula is C15H33N. The van der Waals surface area contributed by atoms with Crippen LogP contribution in [0.3, 0.4) is 0 Å². The molecule has 0 unspecified atom stereocenters. The van der Waals surface area contributed by atoms with Gasteiger partial charge in [0.05, 0.1) is 0 Å². The molecule has 0 saturated heterocycles. The van der Waals surface area contributed by atoms with Crippen molar-refractivity contribution in [3.63, 3.8) is 0 Å². The van der Waals surface area contributed by atoms with Crippen LogP contribution in [0.15, 0.2) is 0 Å². The Hall–Kier alpha value is -0.0400. The first-order valence-electron chi connectivity index (χ1n) is 7.21. The van der Waals surface area contributed by atoms with Gasteiger partial charge in [-0.1, -0.05) is 47.0 Å². The van der Waals surface area contributed by atoms with Gasteiger partial charge in [-0.2, -0.15) is 0 Å². The Morgan fingerprint density at radius 1 is 0.688 bits per heavy atom. The Morgan fingerprint density at radius 3 is 1.75 bits per heavy atom. The monoisotopic (exact) mass is 227 g/mol. The van der Waals surface area contributed by atoms with E-state index in [1.165, 1.54) is 51.6 Å². The topological polar surface area (TPSA) is 3.24 Å². The molecule has 16 heavy (non-hydrogen) atoms. The van der Waals surface area contributed by atoms with Gasteiger partial charge in [-0.05, 0) is 51.2 Å². The zero-order chi connectivity index (χ0) is 12.4. The zero-order valence-electron chi connectivity index (χ0n) is 12.3. The Labute approximate surface area is 104 Å². The van der Waals surface area contributed by atoms with Crippen LogP contribution < -0.4 is 0 Å². The zero-order valence-corrected chi connectivity index (χ0v) is 12.3. The molecule has 0 atom stereocenters. The van der Waals surface area contributed by atoms with E-state index in [9.17, 15) is 0 Å². The van der Waals surface area contributed by atoms with E-state index in [-0.39, 0.29) is 0 Å². The molecule has 0 aliphatic heterocycles. The fourth-order valence-electron chi connectivity index (χ4n) is 1.99. The van der Waals surface area contributed by atoms with Crippen molar-refractivity contribution in [2.24, 2.45) is 11.8 Å². The van der Waals surface area contributed by atoms with Crippen molar-refractivity contribution in [2.45, 2.75) is 66.2 Å². The van der Waals surface area contributed by atoms with E-state index in [1.54, 1.807) is 0 Å². The maximum Gasteiger partial charge on any atom is -0.00217 e. The molecule has 0 N–H and O–H groups in total. The average molecular weight is 227 g/mol. The number of hydrogen-bond donors (Lipinski definition) is 0. The van der Waals surface area contributed by atoms with E-state index in [1.807, 2.05) is 0 Å². The molecule has 0 aromatic heterocycles. The molecular weight excluding hydrogens is 194 g/mol. The molecule has 0 heterocycles. The van der Waals surface area contributed by atoms with Gasteiger partial charge >= 0.3 is 0 Å². The van der Waals surface area contributed by atoms with Gasteiger partial charge in [-0.15, -0.1) is 0 Å². The lowest BCUT2D eigenvalue weighted by molar-refractivity contribution is 0.308. The molecule has 0 saturated carbocycles. The summed E-state index contributed by atoms with van der Waals surface area (Å²) in [6.07, 6.45) is 8.34. The van der Waals surface area contributed by atoms with Crippen molar-refractivity contribution in [2.75, 3.05) is 20.1 Å². The highest BCUT2D eigenvalue weighted by atomic mass is 15.1. The second kappa shape index (κ2) is 10.1. The van der Waals surface area contributed by atoms with Gasteiger partial charge in [0.15, 0.2) is 0 Å². The van der Waals surface area contributed by atoms with Crippen LogP contribution in [0.2, 0.25) is 0 Å². The average Bonchev–Trinajstić information content (AvgIpc) is 2.16. The molecule has 0 aliphatic rings. The highest BCUT2D eigenvalue weighted by Crippen LogP contribution is 2.09. The summed E-state index contributed by atoms with van der Waals surface area (Å²) in [6, 6.07) is 0. The van der Waals surface area contributed by atoms with Gasteiger partial charge in [-0.25, -0.2) is 0 Å². The van der Waals surface area contributed by atoms with Crippen molar-refractivity contribution < 1.29 is 0 Å². The largest absolute Gasteiger partial charge is 0.306 e. The smallest absolute Gasteiger partial charge is 0.00217 e. The Balaban J connectivity index is 3.20. The van der Waals surface area contributed by atoms with Gasteiger partial charge in [0, 0.05) is 0 Å². The maximum absolute atomic E-state index is 2.50. The molecule has 0 fully saturated rings. The predicted octanol–water partition coefficient (Wildman–Crippen LogP) is 4.57. The molecule has 0 radical (unpaired) electrons. The van der Waals surface area contributed by atoms with E-state index in [2.05, 4.69) is 39.6 Å². The fraction of sp³-hybridized carbons (Fsp3) is 1.00. The lowest BCUT2D eigenvalue weighted by atomic mass is 10.1. The van der Waals surface area contributed by atoms with Crippen LogP contribution in [0, 0.1) is 11.8 Å². The summed E-state index contributed by atoms with van der Waals surface area (Å²) in [5, 5.41) is 0. The molecule has 0 rings (SSSR count). The van der Waals surface area contributed by atoms with Crippen LogP contribution in [-0.4, -0.2) is 25.0 Å². The summed E-state index contributed by atoms with van der Waals surface area (Å²) < 4.78 is 0. The number of nitrogens with zero attached hydrogens (tertiary/aromatic N) is 1. The van der Waals surface area contributed by atoms with E-state index >= 15 is 0 Å². The van der Waals surface area contributed by atoms with Crippen molar-refractivity contribution in [3.05, 3.63) is 0 Å². The van der Waals surface area contributed by atoms with Crippen LogP contribution in [0.4, 0.5) is 0 Å². The SMILES string of the molecule is CC(C)CCCCCN(C)CCCC(C)C. The fourth-order valence-corrected chi connectivity index (χ4v) is 1.99. The summed E-state index contributed by atoms with van der Waals surface area (Å²) >= 11 is 0. The highest BCUT2D eigenvalue weighted by molar-refractivity contribution is 4.55. The van der Waals surface area contributed by atoms with Crippen LogP contribution in [-0.2, 0) is 0 Å². The molecule has 1 nitrogen and oxygen atoms in total. The normalized spacial score (nSPS) is 12.0. The second-order valence-electron chi connectivity index (χ2n) is 6.08. The van der Waals surface area contributed by atoms with E-state index < -0.39 is 0 Å². The number of rotatable bonds is 10. The summed E-state index contributed by atoms with van der Waals surface area (Å²) in [4.78, 5) is 2.50. The molecule has 98 valence electrons. The van der Waals surface area contributed by atoms with Crippen LogP contribution in [0.25, 0.3) is 0 Å². The van der Waals surface area contributed by atoms with Crippen molar-refractivity contribution >= 4 is 0 Å². The van der Waals surface area contributed by atoms with Gasteiger partial charge < -0.3 is 4.90 Å². The predicted molar refractivity (Wildman–Crippen MR) is 74.9 cm³/mol. The Morgan fingerprint density at radius 2 is 1.19 bits per heavy atom. The molecule has 0 spiro atoms. The summed E-state index contributed by atoms with van der Waals surface area (Å²) in [6.45, 7) is 11.8. The molecule has 0 aromatic carbocycles. The minimum Gasteiger partial charge on any atom is -0.306 e. The summed E-state index contributed by atoms with van der Waals surface area (Å²) in [7, 11) is 2.27. The first-order chi connectivity index (χ1) is 7.52. The van der Waals surface area contributed by atoms with Gasteiger partial charge in [0.2, 0.25) is 0 Å². The third-order valence-electron chi connectivity index (χ3n) is 3.14. The van der Waals surface area contributed by atoms with Gasteiger partial charge in [0.1, 0.15) is 0 Å². The number of hydrogen-bond acceptors (Lipinski definition) is 1. The minimum absolute atomic E-state index is 0.861. The van der Waals surface area contributed by atoms with Crippen molar-refractivity contribution in [1.29, 1.82) is 0 Å². The quantitative estimate of drug-likeness (QED) is 0.494. The van der Waals surface area contributed by atoms with E-state index in [0.717, 1.165) is 11.8 Å².